The van der Waals surface area contributed by atoms with Gasteiger partial charge < -0.3 is 10.2 Å². The van der Waals surface area contributed by atoms with Gasteiger partial charge in [0, 0.05) is 25.3 Å². The minimum atomic E-state index is 0.0357. The Bertz CT molecular complexity index is 708. The lowest BCUT2D eigenvalue weighted by Crippen LogP contribution is -2.23. The first-order valence-corrected chi connectivity index (χ1v) is 8.64. The standard InChI is InChI=1S/C20H26N4O/c1-4-5-14-21-15-20(25)18-8-6-7-9-19(18)23-22-16-10-12-17(13-11-16)24(2)3/h6-13,21H,4-5,14-15H2,1-3H3/b23-22+. The van der Waals surface area contributed by atoms with Gasteiger partial charge in [0.2, 0.25) is 0 Å². The lowest BCUT2D eigenvalue weighted by molar-refractivity contribution is 0.0992. The monoisotopic (exact) mass is 338 g/mol. The summed E-state index contributed by atoms with van der Waals surface area (Å²) in [6.07, 6.45) is 2.18. The topological polar surface area (TPSA) is 57.1 Å². The largest absolute Gasteiger partial charge is 0.378 e. The predicted molar refractivity (Wildman–Crippen MR) is 103 cm³/mol. The number of nitrogens with one attached hydrogen (secondary N) is 1. The summed E-state index contributed by atoms with van der Waals surface area (Å²) in [5.74, 6) is 0.0357. The molecule has 0 spiro atoms. The predicted octanol–water partition coefficient (Wildman–Crippen LogP) is 4.74. The van der Waals surface area contributed by atoms with Crippen LogP contribution in [-0.4, -0.2) is 33.0 Å². The molecule has 0 saturated carbocycles. The summed E-state index contributed by atoms with van der Waals surface area (Å²) >= 11 is 0. The molecule has 0 aliphatic rings. The second-order valence-corrected chi connectivity index (χ2v) is 6.08. The lowest BCUT2D eigenvalue weighted by Gasteiger charge is -2.11. The van der Waals surface area contributed by atoms with E-state index in [1.807, 2.05) is 61.5 Å². The van der Waals surface area contributed by atoms with Crippen LogP contribution in [0, 0.1) is 0 Å². The Morgan fingerprint density at radius 1 is 1.04 bits per heavy atom. The van der Waals surface area contributed by atoms with E-state index in [0.29, 0.717) is 17.8 Å². The number of azo groups is 1. The molecule has 2 aromatic rings. The van der Waals surface area contributed by atoms with Gasteiger partial charge in [-0.3, -0.25) is 4.79 Å². The van der Waals surface area contributed by atoms with Crippen LogP contribution in [0.3, 0.4) is 0 Å². The molecule has 5 nitrogen and oxygen atoms in total. The highest BCUT2D eigenvalue weighted by molar-refractivity contribution is 6.01. The number of rotatable bonds is 9. The van der Waals surface area contributed by atoms with E-state index < -0.39 is 0 Å². The molecule has 0 bridgehead atoms. The summed E-state index contributed by atoms with van der Waals surface area (Å²) in [6.45, 7) is 3.30. The summed E-state index contributed by atoms with van der Waals surface area (Å²) < 4.78 is 0. The van der Waals surface area contributed by atoms with Crippen molar-refractivity contribution in [2.45, 2.75) is 19.8 Å². The Balaban J connectivity index is 2.07. The van der Waals surface area contributed by atoms with Crippen molar-refractivity contribution < 1.29 is 4.79 Å². The van der Waals surface area contributed by atoms with Gasteiger partial charge >= 0.3 is 0 Å². The van der Waals surface area contributed by atoms with Crippen LogP contribution >= 0.6 is 0 Å². The van der Waals surface area contributed by atoms with Gasteiger partial charge in [-0.05, 0) is 49.4 Å². The van der Waals surface area contributed by atoms with Gasteiger partial charge in [-0.2, -0.15) is 5.11 Å². The zero-order valence-corrected chi connectivity index (χ0v) is 15.2. The Hall–Kier alpha value is -2.53. The van der Waals surface area contributed by atoms with Gasteiger partial charge in [0.15, 0.2) is 5.78 Å². The number of carbonyl (C=O) groups excluding carboxylic acids is 1. The van der Waals surface area contributed by atoms with Gasteiger partial charge in [0.25, 0.3) is 0 Å². The number of Topliss-reactive ketones (excluding diaryl/α,β-unsaturated/α-hetero) is 1. The highest BCUT2D eigenvalue weighted by atomic mass is 16.1. The number of anilines is 1. The average Bonchev–Trinajstić information content (AvgIpc) is 2.64. The molecule has 0 heterocycles. The first-order chi connectivity index (χ1) is 12.1. The maximum Gasteiger partial charge on any atom is 0.178 e. The summed E-state index contributed by atoms with van der Waals surface area (Å²) in [5, 5.41) is 11.7. The quantitative estimate of drug-likeness (QED) is 0.408. The molecule has 0 fully saturated rings. The second-order valence-electron chi connectivity index (χ2n) is 6.08. The molecular weight excluding hydrogens is 312 g/mol. The molecule has 0 radical (unpaired) electrons. The Labute approximate surface area is 149 Å². The van der Waals surface area contributed by atoms with E-state index in [2.05, 4.69) is 22.5 Å². The molecule has 0 amide bonds. The van der Waals surface area contributed by atoms with Crippen LogP contribution in [-0.2, 0) is 0 Å². The summed E-state index contributed by atoms with van der Waals surface area (Å²) in [6, 6.07) is 15.1. The minimum Gasteiger partial charge on any atom is -0.378 e. The SMILES string of the molecule is CCCCNCC(=O)c1ccccc1/N=N/c1ccc(N(C)C)cc1. The van der Waals surface area contributed by atoms with Crippen molar-refractivity contribution in [3.05, 3.63) is 54.1 Å². The van der Waals surface area contributed by atoms with Gasteiger partial charge in [-0.1, -0.05) is 25.5 Å². The van der Waals surface area contributed by atoms with Crippen molar-refractivity contribution in [1.82, 2.24) is 5.32 Å². The molecule has 0 unspecified atom stereocenters. The van der Waals surface area contributed by atoms with E-state index >= 15 is 0 Å². The van der Waals surface area contributed by atoms with E-state index in [4.69, 9.17) is 0 Å². The van der Waals surface area contributed by atoms with Crippen molar-refractivity contribution >= 4 is 22.8 Å². The molecule has 0 atom stereocenters. The molecule has 2 rings (SSSR count). The fraction of sp³-hybridized carbons (Fsp3) is 0.350. The van der Waals surface area contributed by atoms with E-state index in [1.54, 1.807) is 6.07 Å². The van der Waals surface area contributed by atoms with E-state index in [9.17, 15) is 4.79 Å². The lowest BCUT2D eigenvalue weighted by atomic mass is 10.1. The Morgan fingerprint density at radius 2 is 1.76 bits per heavy atom. The number of unbranched alkanes of at least 4 members (excludes halogenated alkanes) is 1. The third kappa shape index (κ3) is 5.80. The highest BCUT2D eigenvalue weighted by Gasteiger charge is 2.10. The third-order valence-corrected chi connectivity index (χ3v) is 3.84. The van der Waals surface area contributed by atoms with Gasteiger partial charge in [0.05, 0.1) is 17.9 Å². The number of hydrogen-bond acceptors (Lipinski definition) is 5. The maximum absolute atomic E-state index is 12.4. The Kier molecular flexibility index (Phi) is 7.29. The van der Waals surface area contributed by atoms with E-state index in [-0.39, 0.29) is 5.78 Å². The minimum absolute atomic E-state index is 0.0357. The maximum atomic E-state index is 12.4. The van der Waals surface area contributed by atoms with Crippen molar-refractivity contribution in [1.29, 1.82) is 0 Å². The number of ketones is 1. The first kappa shape index (κ1) is 18.8. The smallest absolute Gasteiger partial charge is 0.178 e. The molecule has 25 heavy (non-hydrogen) atoms. The van der Waals surface area contributed by atoms with Gasteiger partial charge in [-0.25, -0.2) is 0 Å². The summed E-state index contributed by atoms with van der Waals surface area (Å²) in [7, 11) is 3.99. The summed E-state index contributed by atoms with van der Waals surface area (Å²) in [4.78, 5) is 14.4. The van der Waals surface area contributed by atoms with Crippen molar-refractivity contribution in [3.63, 3.8) is 0 Å². The van der Waals surface area contributed by atoms with Crippen LogP contribution in [0.1, 0.15) is 30.1 Å². The zero-order chi connectivity index (χ0) is 18.1. The van der Waals surface area contributed by atoms with Crippen LogP contribution in [0.5, 0.6) is 0 Å². The van der Waals surface area contributed by atoms with Crippen molar-refractivity contribution in [2.24, 2.45) is 10.2 Å². The van der Waals surface area contributed by atoms with Gasteiger partial charge in [-0.15, -0.1) is 5.11 Å². The van der Waals surface area contributed by atoms with Crippen molar-refractivity contribution in [2.75, 3.05) is 32.1 Å². The van der Waals surface area contributed by atoms with E-state index in [1.165, 1.54) is 0 Å². The first-order valence-electron chi connectivity index (χ1n) is 8.64. The molecule has 2 aromatic carbocycles. The number of nitrogens with zero attached hydrogens (tertiary/aromatic N) is 3. The fourth-order valence-corrected chi connectivity index (χ4v) is 2.32. The summed E-state index contributed by atoms with van der Waals surface area (Å²) in [5.41, 5.74) is 3.06. The highest BCUT2D eigenvalue weighted by Crippen LogP contribution is 2.24. The molecule has 0 aromatic heterocycles. The van der Waals surface area contributed by atoms with Crippen LogP contribution in [0.25, 0.3) is 0 Å². The second kappa shape index (κ2) is 9.69. The van der Waals surface area contributed by atoms with Gasteiger partial charge in [0.1, 0.15) is 0 Å². The molecular formula is C20H26N4O. The molecule has 5 heteroatoms. The molecule has 0 aliphatic carbocycles. The molecule has 0 saturated heterocycles. The molecule has 0 aliphatic heterocycles. The number of benzene rings is 2. The van der Waals surface area contributed by atoms with Crippen LogP contribution in [0.4, 0.5) is 17.1 Å². The number of hydrogen-bond donors (Lipinski definition) is 1. The van der Waals surface area contributed by atoms with Crippen molar-refractivity contribution in [3.8, 4) is 0 Å². The zero-order valence-electron chi connectivity index (χ0n) is 15.2. The third-order valence-electron chi connectivity index (χ3n) is 3.84. The van der Waals surface area contributed by atoms with Crippen LogP contribution < -0.4 is 10.2 Å². The Morgan fingerprint density at radius 3 is 2.44 bits per heavy atom. The molecule has 1 N–H and O–H groups in total. The van der Waals surface area contributed by atoms with Crippen LogP contribution in [0.2, 0.25) is 0 Å². The normalized spacial score (nSPS) is 11.0. The van der Waals surface area contributed by atoms with Crippen LogP contribution in [0.15, 0.2) is 58.8 Å². The molecule has 132 valence electrons. The van der Waals surface area contributed by atoms with E-state index in [0.717, 1.165) is 30.8 Å². The fourth-order valence-electron chi connectivity index (χ4n) is 2.32. The average molecular weight is 338 g/mol. The number of carbonyl (C=O) groups is 1.